The molecule has 2 amide bonds. The molecule has 0 aromatic carbocycles. The number of carbonyl (C=O) groups is 2. The van der Waals surface area contributed by atoms with Gasteiger partial charge < -0.3 is 10.2 Å². The van der Waals surface area contributed by atoms with E-state index in [2.05, 4.69) is 5.32 Å². The van der Waals surface area contributed by atoms with Gasteiger partial charge in [0.1, 0.15) is 12.1 Å². The van der Waals surface area contributed by atoms with Crippen molar-refractivity contribution in [3.8, 4) is 0 Å². The Morgan fingerprint density at radius 1 is 1.42 bits per heavy atom. The zero-order valence-corrected chi connectivity index (χ0v) is 12.8. The Hall–Kier alpha value is -0.710. The van der Waals surface area contributed by atoms with E-state index in [1.165, 1.54) is 12.2 Å². The number of carbonyl (C=O) groups excluding carboxylic acids is 2. The summed E-state index contributed by atoms with van der Waals surface area (Å²) in [6.45, 7) is 6.70. The van der Waals surface area contributed by atoms with Gasteiger partial charge in [-0.3, -0.25) is 9.59 Å². The van der Waals surface area contributed by atoms with Crippen molar-refractivity contribution in [1.82, 2.24) is 10.2 Å². The Kier molecular flexibility index (Phi) is 4.76. The van der Waals surface area contributed by atoms with Gasteiger partial charge in [0, 0.05) is 6.54 Å². The van der Waals surface area contributed by atoms with Gasteiger partial charge in [-0.2, -0.15) is 11.8 Å². The van der Waals surface area contributed by atoms with Crippen LogP contribution in [0.25, 0.3) is 0 Å². The third-order valence-corrected chi connectivity index (χ3v) is 5.29. The van der Waals surface area contributed by atoms with Crippen LogP contribution in [0.4, 0.5) is 0 Å². The van der Waals surface area contributed by atoms with Gasteiger partial charge in [-0.1, -0.05) is 20.8 Å². The van der Waals surface area contributed by atoms with E-state index in [-0.39, 0.29) is 29.8 Å². The van der Waals surface area contributed by atoms with E-state index in [1.807, 2.05) is 37.4 Å². The Labute approximate surface area is 119 Å². The van der Waals surface area contributed by atoms with Gasteiger partial charge in [0.25, 0.3) is 0 Å². The van der Waals surface area contributed by atoms with E-state index in [0.717, 1.165) is 12.3 Å². The third-order valence-electron chi connectivity index (χ3n) is 4.06. The molecule has 0 radical (unpaired) electrons. The lowest BCUT2D eigenvalue weighted by atomic mass is 9.95. The van der Waals surface area contributed by atoms with Gasteiger partial charge in [-0.25, -0.2) is 0 Å². The summed E-state index contributed by atoms with van der Waals surface area (Å²) in [7, 11) is 0. The summed E-state index contributed by atoms with van der Waals surface area (Å²) in [5, 5.41) is 2.89. The molecule has 2 fully saturated rings. The zero-order valence-electron chi connectivity index (χ0n) is 12.0. The Bertz CT molecular complexity index is 353. The van der Waals surface area contributed by atoms with Crippen LogP contribution < -0.4 is 5.32 Å². The molecule has 0 saturated carbocycles. The lowest BCUT2D eigenvalue weighted by molar-refractivity contribution is -0.151. The summed E-state index contributed by atoms with van der Waals surface area (Å²) in [5.74, 6) is 3.14. The molecule has 4 nitrogen and oxygen atoms in total. The van der Waals surface area contributed by atoms with E-state index in [4.69, 9.17) is 0 Å². The first-order chi connectivity index (χ1) is 9.04. The molecule has 0 aliphatic carbocycles. The number of rotatable bonds is 4. The van der Waals surface area contributed by atoms with E-state index in [0.29, 0.717) is 12.3 Å². The molecule has 0 aromatic heterocycles. The minimum Gasteiger partial charge on any atom is -0.342 e. The minimum absolute atomic E-state index is 0.0199. The molecule has 2 saturated heterocycles. The summed E-state index contributed by atoms with van der Waals surface area (Å²) in [5.41, 5.74) is 0. The molecule has 2 heterocycles. The first-order valence-electron chi connectivity index (χ1n) is 7.23. The number of piperazine rings is 1. The molecule has 0 spiro atoms. The second-order valence-corrected chi connectivity index (χ2v) is 7.02. The van der Waals surface area contributed by atoms with Crippen LogP contribution in [-0.2, 0) is 9.59 Å². The van der Waals surface area contributed by atoms with Crippen molar-refractivity contribution in [3.63, 3.8) is 0 Å². The fourth-order valence-electron chi connectivity index (χ4n) is 2.87. The van der Waals surface area contributed by atoms with E-state index >= 15 is 0 Å². The van der Waals surface area contributed by atoms with E-state index in [1.54, 1.807) is 0 Å². The highest BCUT2D eigenvalue weighted by molar-refractivity contribution is 7.99. The first-order valence-corrected chi connectivity index (χ1v) is 8.38. The van der Waals surface area contributed by atoms with Gasteiger partial charge >= 0.3 is 0 Å². The molecule has 2 aliphatic rings. The van der Waals surface area contributed by atoms with Crippen molar-refractivity contribution in [3.05, 3.63) is 0 Å². The van der Waals surface area contributed by atoms with Crippen molar-refractivity contribution in [2.75, 3.05) is 18.1 Å². The smallest absolute Gasteiger partial charge is 0.246 e. The summed E-state index contributed by atoms with van der Waals surface area (Å²) in [6, 6.07) is -0.613. The van der Waals surface area contributed by atoms with Crippen LogP contribution in [0.15, 0.2) is 0 Å². The molecular formula is C14H24N2O2S. The van der Waals surface area contributed by atoms with Crippen LogP contribution in [0.2, 0.25) is 0 Å². The molecule has 2 rings (SSSR count). The predicted molar refractivity (Wildman–Crippen MR) is 78.0 cm³/mol. The molecule has 2 aliphatic heterocycles. The van der Waals surface area contributed by atoms with Crippen LogP contribution in [0, 0.1) is 11.8 Å². The maximum Gasteiger partial charge on any atom is 0.246 e. The molecule has 19 heavy (non-hydrogen) atoms. The molecule has 0 bridgehead atoms. The number of nitrogens with one attached hydrogen (secondary N) is 1. The summed E-state index contributed by atoms with van der Waals surface area (Å²) in [4.78, 5) is 26.6. The number of hydrogen-bond donors (Lipinski definition) is 1. The van der Waals surface area contributed by atoms with Gasteiger partial charge in [0.2, 0.25) is 11.8 Å². The Morgan fingerprint density at radius 2 is 2.16 bits per heavy atom. The summed E-state index contributed by atoms with van der Waals surface area (Å²) < 4.78 is 0. The summed E-state index contributed by atoms with van der Waals surface area (Å²) >= 11 is 1.95. The standard InChI is InChI=1S/C14H24N2O2S/c1-4-11-13(17)15-12(9(2)3)14(18)16(11)7-10-5-6-19-8-10/h9-12H,4-8H2,1-3H3,(H,15,17). The molecule has 3 unspecified atom stereocenters. The number of thioether (sulfide) groups is 1. The monoisotopic (exact) mass is 284 g/mol. The lowest BCUT2D eigenvalue weighted by Crippen LogP contribution is -2.65. The van der Waals surface area contributed by atoms with Crippen LogP contribution >= 0.6 is 11.8 Å². The predicted octanol–water partition coefficient (Wildman–Crippen LogP) is 1.50. The van der Waals surface area contributed by atoms with Crippen LogP contribution in [0.5, 0.6) is 0 Å². The van der Waals surface area contributed by atoms with Crippen molar-refractivity contribution in [2.45, 2.75) is 45.7 Å². The van der Waals surface area contributed by atoms with Crippen molar-refractivity contribution >= 4 is 23.6 Å². The first kappa shape index (κ1) is 14.7. The van der Waals surface area contributed by atoms with Gasteiger partial charge in [-0.15, -0.1) is 0 Å². The van der Waals surface area contributed by atoms with Crippen LogP contribution in [0.1, 0.15) is 33.6 Å². The van der Waals surface area contributed by atoms with Gasteiger partial charge in [0.15, 0.2) is 0 Å². The molecule has 0 aromatic rings. The highest BCUT2D eigenvalue weighted by atomic mass is 32.2. The third kappa shape index (κ3) is 3.07. The quantitative estimate of drug-likeness (QED) is 0.851. The maximum atomic E-state index is 12.6. The maximum absolute atomic E-state index is 12.6. The zero-order chi connectivity index (χ0) is 14.0. The van der Waals surface area contributed by atoms with Crippen LogP contribution in [0.3, 0.4) is 0 Å². The fourth-order valence-corrected chi connectivity index (χ4v) is 4.14. The summed E-state index contributed by atoms with van der Waals surface area (Å²) in [6.07, 6.45) is 1.86. The van der Waals surface area contributed by atoms with Gasteiger partial charge in [0.05, 0.1) is 0 Å². The van der Waals surface area contributed by atoms with E-state index in [9.17, 15) is 9.59 Å². The molecule has 1 N–H and O–H groups in total. The average Bonchev–Trinajstić information content (AvgIpc) is 2.86. The Balaban J connectivity index is 2.13. The normalized spacial score (nSPS) is 32.0. The molecular weight excluding hydrogens is 260 g/mol. The van der Waals surface area contributed by atoms with Crippen molar-refractivity contribution in [1.29, 1.82) is 0 Å². The van der Waals surface area contributed by atoms with Crippen molar-refractivity contribution in [2.24, 2.45) is 11.8 Å². The molecule has 108 valence electrons. The second kappa shape index (κ2) is 6.16. The number of hydrogen-bond acceptors (Lipinski definition) is 3. The largest absolute Gasteiger partial charge is 0.342 e. The minimum atomic E-state index is -0.343. The second-order valence-electron chi connectivity index (χ2n) is 5.87. The van der Waals surface area contributed by atoms with E-state index < -0.39 is 0 Å². The fraction of sp³-hybridized carbons (Fsp3) is 0.857. The Morgan fingerprint density at radius 3 is 2.68 bits per heavy atom. The lowest BCUT2D eigenvalue weighted by Gasteiger charge is -2.41. The highest BCUT2D eigenvalue weighted by Gasteiger charge is 2.41. The topological polar surface area (TPSA) is 49.4 Å². The average molecular weight is 284 g/mol. The number of nitrogens with zero attached hydrogens (tertiary/aromatic N) is 1. The SMILES string of the molecule is CCC1C(=O)NC(C(C)C)C(=O)N1CC1CCSC1. The van der Waals surface area contributed by atoms with Crippen LogP contribution in [-0.4, -0.2) is 46.8 Å². The van der Waals surface area contributed by atoms with Gasteiger partial charge in [-0.05, 0) is 36.2 Å². The highest BCUT2D eigenvalue weighted by Crippen LogP contribution is 2.27. The van der Waals surface area contributed by atoms with Crippen molar-refractivity contribution < 1.29 is 9.59 Å². The molecule has 5 heteroatoms. The molecule has 3 atom stereocenters. The number of amides is 2.